The standard InChI is InChI=1S/C20H21NO5S/c22-19(13-26-20(23)12-15-10-11-27(24,25)14-15)21-18-9-5-4-8-17(18)16-6-2-1-3-7-16/h1-9,15H,10-14H2,(H,21,22)/t15-/m0/s1. The smallest absolute Gasteiger partial charge is 0.306 e. The Balaban J connectivity index is 1.54. The van der Waals surface area contributed by atoms with E-state index in [0.29, 0.717) is 12.1 Å². The number of benzene rings is 2. The molecule has 1 fully saturated rings. The van der Waals surface area contributed by atoms with E-state index in [0.717, 1.165) is 11.1 Å². The Kier molecular flexibility index (Phi) is 5.91. The molecule has 1 atom stereocenters. The van der Waals surface area contributed by atoms with Gasteiger partial charge in [-0.15, -0.1) is 0 Å². The molecule has 0 saturated carbocycles. The molecule has 0 unspecified atom stereocenters. The molecule has 0 spiro atoms. The maximum Gasteiger partial charge on any atom is 0.306 e. The number of carbonyl (C=O) groups excluding carboxylic acids is 2. The Morgan fingerprint density at radius 3 is 2.44 bits per heavy atom. The number of anilines is 1. The van der Waals surface area contributed by atoms with E-state index in [1.807, 2.05) is 48.5 Å². The van der Waals surface area contributed by atoms with Crippen LogP contribution in [0.3, 0.4) is 0 Å². The van der Waals surface area contributed by atoms with Crippen LogP contribution in [0.25, 0.3) is 11.1 Å². The summed E-state index contributed by atoms with van der Waals surface area (Å²) in [6, 6.07) is 17.0. The van der Waals surface area contributed by atoms with Gasteiger partial charge in [0.25, 0.3) is 5.91 Å². The van der Waals surface area contributed by atoms with Gasteiger partial charge in [-0.2, -0.15) is 0 Å². The van der Waals surface area contributed by atoms with Crippen LogP contribution in [0.1, 0.15) is 12.8 Å². The predicted octanol–water partition coefficient (Wildman–Crippen LogP) is 2.66. The molecule has 1 aliphatic rings. The summed E-state index contributed by atoms with van der Waals surface area (Å²) in [7, 11) is -3.03. The highest BCUT2D eigenvalue weighted by molar-refractivity contribution is 7.91. The number of para-hydroxylation sites is 1. The number of carbonyl (C=O) groups is 2. The fraction of sp³-hybridized carbons (Fsp3) is 0.300. The van der Waals surface area contributed by atoms with Crippen molar-refractivity contribution >= 4 is 27.4 Å². The molecule has 0 bridgehead atoms. The summed E-state index contributed by atoms with van der Waals surface area (Å²) in [6.07, 6.45) is 0.487. The molecule has 1 N–H and O–H groups in total. The first kappa shape index (κ1) is 19.1. The second-order valence-corrected chi connectivity index (χ2v) is 8.82. The highest BCUT2D eigenvalue weighted by Gasteiger charge is 2.30. The quantitative estimate of drug-likeness (QED) is 0.770. The number of esters is 1. The lowest BCUT2D eigenvalue weighted by molar-refractivity contribution is -0.148. The molecule has 27 heavy (non-hydrogen) atoms. The van der Waals surface area contributed by atoms with E-state index in [1.54, 1.807) is 6.07 Å². The zero-order valence-electron chi connectivity index (χ0n) is 14.8. The van der Waals surface area contributed by atoms with Crippen LogP contribution < -0.4 is 5.32 Å². The maximum absolute atomic E-state index is 12.2. The van der Waals surface area contributed by atoms with Crippen molar-refractivity contribution in [2.75, 3.05) is 23.4 Å². The number of hydrogen-bond acceptors (Lipinski definition) is 5. The van der Waals surface area contributed by atoms with Crippen molar-refractivity contribution in [3.63, 3.8) is 0 Å². The van der Waals surface area contributed by atoms with Gasteiger partial charge in [0.15, 0.2) is 16.4 Å². The van der Waals surface area contributed by atoms with E-state index in [4.69, 9.17) is 4.74 Å². The highest BCUT2D eigenvalue weighted by atomic mass is 32.2. The molecule has 1 amide bonds. The Morgan fingerprint density at radius 2 is 1.74 bits per heavy atom. The summed E-state index contributed by atoms with van der Waals surface area (Å²) in [5.74, 6) is -1.08. The summed E-state index contributed by atoms with van der Waals surface area (Å²) < 4.78 is 27.9. The molecule has 1 saturated heterocycles. The lowest BCUT2D eigenvalue weighted by Gasteiger charge is -2.12. The molecule has 2 aromatic rings. The van der Waals surface area contributed by atoms with Gasteiger partial charge in [0.1, 0.15) is 0 Å². The first-order valence-corrected chi connectivity index (χ1v) is 10.6. The molecule has 142 valence electrons. The maximum atomic E-state index is 12.2. The largest absolute Gasteiger partial charge is 0.456 e. The van der Waals surface area contributed by atoms with Crippen LogP contribution in [0.2, 0.25) is 0 Å². The van der Waals surface area contributed by atoms with Crippen LogP contribution in [0.15, 0.2) is 54.6 Å². The Morgan fingerprint density at radius 1 is 1.04 bits per heavy atom. The van der Waals surface area contributed by atoms with Crippen LogP contribution in [-0.4, -0.2) is 38.4 Å². The van der Waals surface area contributed by atoms with Gasteiger partial charge in [-0.3, -0.25) is 9.59 Å². The van der Waals surface area contributed by atoms with Crippen molar-refractivity contribution in [1.29, 1.82) is 0 Å². The number of nitrogens with one attached hydrogen (secondary N) is 1. The number of amides is 1. The van der Waals surface area contributed by atoms with Crippen molar-refractivity contribution in [2.45, 2.75) is 12.8 Å². The Labute approximate surface area is 158 Å². The van der Waals surface area contributed by atoms with Crippen LogP contribution in [0, 0.1) is 5.92 Å². The van der Waals surface area contributed by atoms with Gasteiger partial charge in [-0.05, 0) is 24.0 Å². The molecule has 0 radical (unpaired) electrons. The second-order valence-electron chi connectivity index (χ2n) is 6.59. The second kappa shape index (κ2) is 8.35. The summed E-state index contributed by atoms with van der Waals surface area (Å²) in [6.45, 7) is -0.401. The molecule has 0 aromatic heterocycles. The van der Waals surface area contributed by atoms with E-state index in [2.05, 4.69) is 5.32 Å². The zero-order valence-corrected chi connectivity index (χ0v) is 15.6. The average Bonchev–Trinajstić information content (AvgIpc) is 2.99. The van der Waals surface area contributed by atoms with Gasteiger partial charge >= 0.3 is 5.97 Å². The summed E-state index contributed by atoms with van der Waals surface area (Å²) in [5.41, 5.74) is 2.47. The van der Waals surface area contributed by atoms with Gasteiger partial charge in [0.05, 0.1) is 11.5 Å². The van der Waals surface area contributed by atoms with E-state index >= 15 is 0 Å². The SMILES string of the molecule is O=C(COC(=O)C[C@@H]1CCS(=O)(=O)C1)Nc1ccccc1-c1ccccc1. The van der Waals surface area contributed by atoms with Gasteiger partial charge in [0, 0.05) is 17.7 Å². The van der Waals surface area contributed by atoms with Gasteiger partial charge in [-0.1, -0.05) is 48.5 Å². The summed E-state index contributed by atoms with van der Waals surface area (Å²) >= 11 is 0. The number of ether oxygens (including phenoxy) is 1. The minimum absolute atomic E-state index is 0.0126. The average molecular weight is 387 g/mol. The van der Waals surface area contributed by atoms with Crippen LogP contribution in [-0.2, 0) is 24.2 Å². The van der Waals surface area contributed by atoms with Gasteiger partial charge in [-0.25, -0.2) is 8.42 Å². The van der Waals surface area contributed by atoms with E-state index in [9.17, 15) is 18.0 Å². The molecule has 7 heteroatoms. The first-order chi connectivity index (χ1) is 12.9. The van der Waals surface area contributed by atoms with Crippen LogP contribution >= 0.6 is 0 Å². The number of hydrogen-bond donors (Lipinski definition) is 1. The topological polar surface area (TPSA) is 89.5 Å². The summed E-state index contributed by atoms with van der Waals surface area (Å²) in [5, 5.41) is 2.76. The van der Waals surface area contributed by atoms with Crippen molar-refractivity contribution in [3.05, 3.63) is 54.6 Å². The predicted molar refractivity (Wildman–Crippen MR) is 103 cm³/mol. The number of rotatable bonds is 6. The molecule has 3 rings (SSSR count). The van der Waals surface area contributed by atoms with Crippen molar-refractivity contribution in [1.82, 2.24) is 0 Å². The lowest BCUT2D eigenvalue weighted by atomic mass is 10.0. The number of sulfone groups is 1. The third kappa shape index (κ3) is 5.40. The minimum Gasteiger partial charge on any atom is -0.456 e. The molecule has 6 nitrogen and oxygen atoms in total. The zero-order chi connectivity index (χ0) is 19.3. The molecule has 1 aliphatic heterocycles. The van der Waals surface area contributed by atoms with Crippen molar-refractivity contribution in [2.24, 2.45) is 5.92 Å². The molecule has 1 heterocycles. The van der Waals surface area contributed by atoms with Gasteiger partial charge in [0.2, 0.25) is 0 Å². The fourth-order valence-corrected chi connectivity index (χ4v) is 4.98. The van der Waals surface area contributed by atoms with E-state index in [1.165, 1.54) is 0 Å². The monoisotopic (exact) mass is 387 g/mol. The Bertz CT molecular complexity index is 924. The molecule has 0 aliphatic carbocycles. The summed E-state index contributed by atoms with van der Waals surface area (Å²) in [4.78, 5) is 24.0. The van der Waals surface area contributed by atoms with Crippen molar-refractivity contribution < 1.29 is 22.7 Å². The third-order valence-electron chi connectivity index (χ3n) is 4.43. The van der Waals surface area contributed by atoms with Crippen LogP contribution in [0.4, 0.5) is 5.69 Å². The Hall–Kier alpha value is -2.67. The van der Waals surface area contributed by atoms with Crippen LogP contribution in [0.5, 0.6) is 0 Å². The van der Waals surface area contributed by atoms with Gasteiger partial charge < -0.3 is 10.1 Å². The highest BCUT2D eigenvalue weighted by Crippen LogP contribution is 2.27. The molecular formula is C20H21NO5S. The fourth-order valence-electron chi connectivity index (χ4n) is 3.12. The van der Waals surface area contributed by atoms with E-state index < -0.39 is 28.3 Å². The first-order valence-electron chi connectivity index (χ1n) is 8.73. The third-order valence-corrected chi connectivity index (χ3v) is 6.27. The normalized spacial score (nSPS) is 18.0. The minimum atomic E-state index is -3.03. The van der Waals surface area contributed by atoms with E-state index in [-0.39, 0.29) is 23.8 Å². The van der Waals surface area contributed by atoms with Crippen molar-refractivity contribution in [3.8, 4) is 11.1 Å². The lowest BCUT2D eigenvalue weighted by Crippen LogP contribution is -2.22. The molecular weight excluding hydrogens is 366 g/mol. The molecule has 2 aromatic carbocycles.